The molecule has 25 heavy (non-hydrogen) atoms. The van der Waals surface area contributed by atoms with E-state index in [1.165, 1.54) is 37.4 Å². The fraction of sp³-hybridized carbons (Fsp3) is 0.235. The van der Waals surface area contributed by atoms with Crippen LogP contribution in [0, 0.1) is 0 Å². The molecule has 0 saturated carbocycles. The molecule has 2 aromatic carbocycles. The van der Waals surface area contributed by atoms with Crippen molar-refractivity contribution >= 4 is 33.2 Å². The summed E-state index contributed by atoms with van der Waals surface area (Å²) in [6, 6.07) is 12.3. The maximum atomic E-state index is 12.7. The van der Waals surface area contributed by atoms with E-state index in [4.69, 9.17) is 16.3 Å². The zero-order valence-electron chi connectivity index (χ0n) is 13.9. The highest BCUT2D eigenvalue weighted by atomic mass is 35.5. The second kappa shape index (κ2) is 8.33. The Morgan fingerprint density at radius 1 is 1.20 bits per heavy atom. The molecule has 0 radical (unpaired) electrons. The smallest absolute Gasteiger partial charge is 0.264 e. The summed E-state index contributed by atoms with van der Waals surface area (Å²) in [6.07, 6.45) is 0. The van der Waals surface area contributed by atoms with Crippen LogP contribution in [0.4, 0.5) is 5.69 Å². The Morgan fingerprint density at radius 3 is 2.52 bits per heavy atom. The third-order valence-corrected chi connectivity index (χ3v) is 5.59. The number of anilines is 1. The van der Waals surface area contributed by atoms with Crippen molar-refractivity contribution in [3.8, 4) is 0 Å². The monoisotopic (exact) mass is 382 g/mol. The molecule has 0 aliphatic carbocycles. The average Bonchev–Trinajstić information content (AvgIpc) is 2.61. The first-order valence-electron chi connectivity index (χ1n) is 7.48. The van der Waals surface area contributed by atoms with Gasteiger partial charge in [-0.1, -0.05) is 17.7 Å². The molecular formula is C17H19ClN2O4S. The van der Waals surface area contributed by atoms with E-state index in [0.29, 0.717) is 29.4 Å². The molecule has 2 rings (SSSR count). The van der Waals surface area contributed by atoms with E-state index in [9.17, 15) is 13.2 Å². The highest BCUT2D eigenvalue weighted by Crippen LogP contribution is 2.24. The number of carbonyl (C=O) groups excluding carboxylic acids is 1. The normalized spacial score (nSPS) is 11.2. The van der Waals surface area contributed by atoms with E-state index in [-0.39, 0.29) is 10.8 Å². The van der Waals surface area contributed by atoms with Crippen LogP contribution in [0.3, 0.4) is 0 Å². The largest absolute Gasteiger partial charge is 0.383 e. The van der Waals surface area contributed by atoms with Gasteiger partial charge >= 0.3 is 0 Å². The first kappa shape index (κ1) is 19.2. The van der Waals surface area contributed by atoms with Gasteiger partial charge in [0, 0.05) is 31.3 Å². The summed E-state index contributed by atoms with van der Waals surface area (Å²) in [6.45, 7) is 0.773. The van der Waals surface area contributed by atoms with Crippen molar-refractivity contribution < 1.29 is 17.9 Å². The molecule has 0 bridgehead atoms. The fourth-order valence-electron chi connectivity index (χ4n) is 2.12. The molecule has 0 aromatic heterocycles. The average molecular weight is 383 g/mol. The van der Waals surface area contributed by atoms with Crippen LogP contribution in [-0.4, -0.2) is 41.6 Å². The zero-order valence-corrected chi connectivity index (χ0v) is 15.5. The summed E-state index contributed by atoms with van der Waals surface area (Å²) in [4.78, 5) is 12.2. The summed E-state index contributed by atoms with van der Waals surface area (Å²) in [5.41, 5.74) is 0.751. The van der Waals surface area contributed by atoms with Crippen molar-refractivity contribution in [3.05, 3.63) is 59.1 Å². The molecule has 0 aliphatic heterocycles. The SMILES string of the molecule is COCCNC(=O)c1cccc(N(C)S(=O)(=O)c2ccc(Cl)cc2)c1. The Kier molecular flexibility index (Phi) is 6.41. The van der Waals surface area contributed by atoms with Crippen LogP contribution >= 0.6 is 11.6 Å². The topological polar surface area (TPSA) is 75.7 Å². The Hall–Kier alpha value is -2.09. The van der Waals surface area contributed by atoms with Crippen LogP contribution in [0.15, 0.2) is 53.4 Å². The van der Waals surface area contributed by atoms with Crippen molar-refractivity contribution in [1.29, 1.82) is 0 Å². The van der Waals surface area contributed by atoms with Gasteiger partial charge in [0.15, 0.2) is 0 Å². The van der Waals surface area contributed by atoms with E-state index in [0.717, 1.165) is 4.31 Å². The predicted molar refractivity (Wildman–Crippen MR) is 97.7 cm³/mol. The third-order valence-electron chi connectivity index (χ3n) is 3.54. The van der Waals surface area contributed by atoms with E-state index in [1.807, 2.05) is 0 Å². The summed E-state index contributed by atoms with van der Waals surface area (Å²) < 4.78 is 31.4. The quantitative estimate of drug-likeness (QED) is 0.746. The lowest BCUT2D eigenvalue weighted by molar-refractivity contribution is 0.0937. The van der Waals surface area contributed by atoms with Crippen molar-refractivity contribution in [2.75, 3.05) is 31.6 Å². The highest BCUT2D eigenvalue weighted by molar-refractivity contribution is 7.92. The number of amides is 1. The van der Waals surface area contributed by atoms with E-state index < -0.39 is 10.0 Å². The van der Waals surface area contributed by atoms with Crippen molar-refractivity contribution in [1.82, 2.24) is 5.32 Å². The van der Waals surface area contributed by atoms with Gasteiger partial charge < -0.3 is 10.1 Å². The van der Waals surface area contributed by atoms with Crippen LogP contribution in [0.5, 0.6) is 0 Å². The molecule has 8 heteroatoms. The standard InChI is InChI=1S/C17H19ClN2O4S/c1-20(25(22,23)16-8-6-14(18)7-9-16)15-5-3-4-13(12-15)17(21)19-10-11-24-2/h3-9,12H,10-11H2,1-2H3,(H,19,21). The minimum atomic E-state index is -3.75. The second-order valence-corrected chi connectivity index (χ2v) is 7.63. The van der Waals surface area contributed by atoms with Gasteiger partial charge in [0.2, 0.25) is 0 Å². The minimum Gasteiger partial charge on any atom is -0.383 e. The summed E-state index contributed by atoms with van der Waals surface area (Å²) >= 11 is 5.80. The number of ether oxygens (including phenoxy) is 1. The summed E-state index contributed by atoms with van der Waals surface area (Å²) in [7, 11) is -0.768. The molecule has 1 N–H and O–H groups in total. The Labute approximate surface area is 152 Å². The van der Waals surface area contributed by atoms with E-state index >= 15 is 0 Å². The number of nitrogens with one attached hydrogen (secondary N) is 1. The van der Waals surface area contributed by atoms with Crippen molar-refractivity contribution in [2.24, 2.45) is 0 Å². The number of carbonyl (C=O) groups is 1. The van der Waals surface area contributed by atoms with Crippen LogP contribution in [0.1, 0.15) is 10.4 Å². The van der Waals surface area contributed by atoms with Gasteiger partial charge in [0.25, 0.3) is 15.9 Å². The Morgan fingerprint density at radius 2 is 1.88 bits per heavy atom. The molecule has 0 spiro atoms. The van der Waals surface area contributed by atoms with Gasteiger partial charge in [-0.05, 0) is 42.5 Å². The number of halogens is 1. The molecule has 2 aromatic rings. The van der Waals surface area contributed by atoms with Gasteiger partial charge in [0.1, 0.15) is 0 Å². The molecule has 0 saturated heterocycles. The van der Waals surface area contributed by atoms with Crippen molar-refractivity contribution in [2.45, 2.75) is 4.90 Å². The van der Waals surface area contributed by atoms with Crippen LogP contribution in [0.2, 0.25) is 5.02 Å². The number of hydrogen-bond donors (Lipinski definition) is 1. The molecule has 0 atom stereocenters. The number of hydrogen-bond acceptors (Lipinski definition) is 4. The Balaban J connectivity index is 2.24. The van der Waals surface area contributed by atoms with Gasteiger partial charge in [-0.15, -0.1) is 0 Å². The maximum absolute atomic E-state index is 12.7. The molecule has 134 valence electrons. The molecular weight excluding hydrogens is 364 g/mol. The molecule has 0 fully saturated rings. The summed E-state index contributed by atoms with van der Waals surface area (Å²) in [5, 5.41) is 3.15. The fourth-order valence-corrected chi connectivity index (χ4v) is 3.43. The Bertz CT molecular complexity index is 838. The molecule has 6 nitrogen and oxygen atoms in total. The lowest BCUT2D eigenvalue weighted by Crippen LogP contribution is -2.28. The lowest BCUT2D eigenvalue weighted by Gasteiger charge is -2.20. The minimum absolute atomic E-state index is 0.120. The van der Waals surface area contributed by atoms with Crippen LogP contribution in [0.25, 0.3) is 0 Å². The van der Waals surface area contributed by atoms with Crippen LogP contribution < -0.4 is 9.62 Å². The molecule has 0 heterocycles. The van der Waals surface area contributed by atoms with Gasteiger partial charge in [-0.2, -0.15) is 0 Å². The van der Waals surface area contributed by atoms with E-state index in [1.54, 1.807) is 25.3 Å². The summed E-state index contributed by atoms with van der Waals surface area (Å²) in [5.74, 6) is -0.295. The number of benzene rings is 2. The first-order valence-corrected chi connectivity index (χ1v) is 9.30. The van der Waals surface area contributed by atoms with Crippen LogP contribution in [-0.2, 0) is 14.8 Å². The first-order chi connectivity index (χ1) is 11.9. The van der Waals surface area contributed by atoms with Gasteiger partial charge in [-0.25, -0.2) is 8.42 Å². The molecule has 0 unspecified atom stereocenters. The number of nitrogens with zero attached hydrogens (tertiary/aromatic N) is 1. The molecule has 1 amide bonds. The zero-order chi connectivity index (χ0) is 18.4. The van der Waals surface area contributed by atoms with Crippen molar-refractivity contribution in [3.63, 3.8) is 0 Å². The van der Waals surface area contributed by atoms with Gasteiger partial charge in [-0.3, -0.25) is 9.10 Å². The second-order valence-electron chi connectivity index (χ2n) is 5.23. The van der Waals surface area contributed by atoms with E-state index in [2.05, 4.69) is 5.32 Å². The number of methoxy groups -OCH3 is 1. The maximum Gasteiger partial charge on any atom is 0.264 e. The molecule has 0 aliphatic rings. The lowest BCUT2D eigenvalue weighted by atomic mass is 10.2. The predicted octanol–water partition coefficient (Wildman–Crippen LogP) is 2.54. The highest BCUT2D eigenvalue weighted by Gasteiger charge is 2.21. The third kappa shape index (κ3) is 4.72. The number of sulfonamides is 1. The number of rotatable bonds is 7. The van der Waals surface area contributed by atoms with Gasteiger partial charge in [0.05, 0.1) is 17.2 Å².